The lowest BCUT2D eigenvalue weighted by atomic mass is 10.1. The zero-order chi connectivity index (χ0) is 14.2. The van der Waals surface area contributed by atoms with Crippen molar-refractivity contribution >= 4 is 28.5 Å². The Kier molecular flexibility index (Phi) is 3.57. The molecule has 0 radical (unpaired) electrons. The maximum Gasteiger partial charge on any atom is 0.343 e. The van der Waals surface area contributed by atoms with Gasteiger partial charge in [-0.2, -0.15) is 0 Å². The van der Waals surface area contributed by atoms with Crippen LogP contribution in [-0.2, 0) is 4.74 Å². The van der Waals surface area contributed by atoms with Crippen molar-refractivity contribution in [1.29, 1.82) is 0 Å². The molecule has 6 heteroatoms. The third-order valence-corrected chi connectivity index (χ3v) is 3.10. The van der Waals surface area contributed by atoms with Crippen molar-refractivity contribution in [1.82, 2.24) is 4.98 Å². The number of benzene rings is 1. The predicted octanol–water partition coefficient (Wildman–Crippen LogP) is 2.81. The molecule has 0 aliphatic carbocycles. The average Bonchev–Trinajstić information content (AvgIpc) is 2.36. The molecule has 2 rings (SSSR count). The van der Waals surface area contributed by atoms with Crippen LogP contribution in [0.25, 0.3) is 10.9 Å². The predicted molar refractivity (Wildman–Crippen MR) is 70.2 cm³/mol. The number of rotatable bonds is 2. The van der Waals surface area contributed by atoms with Gasteiger partial charge in [0.05, 0.1) is 22.5 Å². The normalized spacial score (nSPS) is 10.7. The number of ether oxygens (including phenoxy) is 1. The lowest BCUT2D eigenvalue weighted by Gasteiger charge is -2.07. The molecule has 0 bridgehead atoms. The minimum Gasteiger partial charge on any atom is -0.462 e. The highest BCUT2D eigenvalue weighted by Crippen LogP contribution is 2.25. The SMILES string of the molecule is CCOC(=O)c1c[nH]c2c(Cl)cc(F)c(C)c2c1=O. The van der Waals surface area contributed by atoms with Crippen LogP contribution in [0.1, 0.15) is 22.8 Å². The van der Waals surface area contributed by atoms with Crippen LogP contribution in [-0.4, -0.2) is 17.6 Å². The summed E-state index contributed by atoms with van der Waals surface area (Å²) >= 11 is 5.87. The van der Waals surface area contributed by atoms with E-state index in [0.717, 1.165) is 6.07 Å². The van der Waals surface area contributed by atoms with Crippen LogP contribution in [0.15, 0.2) is 17.1 Å². The van der Waals surface area contributed by atoms with Gasteiger partial charge >= 0.3 is 5.97 Å². The average molecular weight is 284 g/mol. The third-order valence-electron chi connectivity index (χ3n) is 2.80. The molecule has 0 fully saturated rings. The Morgan fingerprint density at radius 2 is 2.21 bits per heavy atom. The fourth-order valence-electron chi connectivity index (χ4n) is 1.85. The van der Waals surface area contributed by atoms with Crippen LogP contribution in [0.4, 0.5) is 4.39 Å². The number of fused-ring (bicyclic) bond motifs is 1. The molecule has 4 nitrogen and oxygen atoms in total. The Hall–Kier alpha value is -1.88. The summed E-state index contributed by atoms with van der Waals surface area (Å²) in [7, 11) is 0. The zero-order valence-electron chi connectivity index (χ0n) is 10.3. The summed E-state index contributed by atoms with van der Waals surface area (Å²) in [5.41, 5.74) is -0.310. The molecular weight excluding hydrogens is 273 g/mol. The summed E-state index contributed by atoms with van der Waals surface area (Å²) in [5.74, 6) is -1.34. The quantitative estimate of drug-likeness (QED) is 0.862. The summed E-state index contributed by atoms with van der Waals surface area (Å²) in [6.45, 7) is 3.24. The van der Waals surface area contributed by atoms with E-state index in [9.17, 15) is 14.0 Å². The van der Waals surface area contributed by atoms with Crippen molar-refractivity contribution in [2.24, 2.45) is 0 Å². The Bertz CT molecular complexity index is 724. The number of H-pyrrole nitrogens is 1. The minimum atomic E-state index is -0.745. The number of halogens is 2. The number of esters is 1. The van der Waals surface area contributed by atoms with E-state index < -0.39 is 17.2 Å². The fourth-order valence-corrected chi connectivity index (χ4v) is 2.09. The van der Waals surface area contributed by atoms with Crippen molar-refractivity contribution in [2.45, 2.75) is 13.8 Å². The van der Waals surface area contributed by atoms with Gasteiger partial charge in [0.15, 0.2) is 0 Å². The first kappa shape index (κ1) is 13.5. The maximum absolute atomic E-state index is 13.6. The van der Waals surface area contributed by atoms with E-state index in [1.165, 1.54) is 13.1 Å². The van der Waals surface area contributed by atoms with Gasteiger partial charge in [-0.15, -0.1) is 0 Å². The van der Waals surface area contributed by atoms with E-state index in [2.05, 4.69) is 4.98 Å². The van der Waals surface area contributed by atoms with Crippen LogP contribution in [0.5, 0.6) is 0 Å². The first-order chi connectivity index (χ1) is 8.97. The molecular formula is C13H11ClFNO3. The van der Waals surface area contributed by atoms with Crippen LogP contribution >= 0.6 is 11.6 Å². The molecule has 0 atom stereocenters. The number of carbonyl (C=O) groups excluding carboxylic acids is 1. The Balaban J connectivity index is 2.82. The fraction of sp³-hybridized carbons (Fsp3) is 0.231. The topological polar surface area (TPSA) is 59.2 Å². The van der Waals surface area contributed by atoms with E-state index in [1.54, 1.807) is 6.92 Å². The second kappa shape index (κ2) is 5.01. The zero-order valence-corrected chi connectivity index (χ0v) is 11.1. The van der Waals surface area contributed by atoms with Crippen LogP contribution < -0.4 is 5.43 Å². The number of hydrogen-bond acceptors (Lipinski definition) is 3. The Morgan fingerprint density at radius 3 is 2.84 bits per heavy atom. The minimum absolute atomic E-state index is 0.0653. The van der Waals surface area contributed by atoms with Crippen molar-refractivity contribution < 1.29 is 13.9 Å². The summed E-state index contributed by atoms with van der Waals surface area (Å²) in [6, 6.07) is 1.12. The second-order valence-corrected chi connectivity index (χ2v) is 4.37. The van der Waals surface area contributed by atoms with E-state index >= 15 is 0 Å². The third kappa shape index (κ3) is 2.21. The van der Waals surface area contributed by atoms with Gasteiger partial charge in [0.2, 0.25) is 5.43 Å². The molecule has 0 amide bonds. The van der Waals surface area contributed by atoms with Crippen LogP contribution in [0, 0.1) is 12.7 Å². The summed E-state index contributed by atoms with van der Waals surface area (Å²) in [6.07, 6.45) is 1.23. The van der Waals surface area contributed by atoms with Crippen LogP contribution in [0.2, 0.25) is 5.02 Å². The van der Waals surface area contributed by atoms with Gasteiger partial charge in [0, 0.05) is 6.20 Å². The molecule has 0 unspecified atom stereocenters. The van der Waals surface area contributed by atoms with Gasteiger partial charge in [-0.05, 0) is 25.5 Å². The smallest absolute Gasteiger partial charge is 0.343 e. The van der Waals surface area contributed by atoms with Gasteiger partial charge < -0.3 is 9.72 Å². The van der Waals surface area contributed by atoms with Gasteiger partial charge in [0.1, 0.15) is 11.4 Å². The molecule has 1 aromatic heterocycles. The Morgan fingerprint density at radius 1 is 1.53 bits per heavy atom. The summed E-state index contributed by atoms with van der Waals surface area (Å²) in [4.78, 5) is 26.6. The first-order valence-electron chi connectivity index (χ1n) is 5.64. The van der Waals surface area contributed by atoms with Crippen molar-refractivity contribution in [3.8, 4) is 0 Å². The molecule has 1 heterocycles. The molecule has 19 heavy (non-hydrogen) atoms. The molecule has 2 aromatic rings. The molecule has 0 spiro atoms. The summed E-state index contributed by atoms with van der Waals surface area (Å²) in [5, 5.41) is 0.154. The Labute approximate surface area is 113 Å². The van der Waals surface area contributed by atoms with Crippen molar-refractivity contribution in [2.75, 3.05) is 6.61 Å². The van der Waals surface area contributed by atoms with Gasteiger partial charge in [0.25, 0.3) is 0 Å². The summed E-state index contributed by atoms with van der Waals surface area (Å²) < 4.78 is 18.4. The van der Waals surface area contributed by atoms with Crippen molar-refractivity contribution in [3.63, 3.8) is 0 Å². The van der Waals surface area contributed by atoms with E-state index in [0.29, 0.717) is 5.52 Å². The molecule has 0 saturated carbocycles. The lowest BCUT2D eigenvalue weighted by molar-refractivity contribution is 0.0524. The standard InChI is InChI=1S/C13H11ClFNO3/c1-3-19-13(18)7-5-16-11-8(14)4-9(15)6(2)10(11)12(7)17/h4-5H,3H2,1-2H3,(H,16,17). The second-order valence-electron chi connectivity index (χ2n) is 3.97. The highest BCUT2D eigenvalue weighted by molar-refractivity contribution is 6.35. The highest BCUT2D eigenvalue weighted by Gasteiger charge is 2.18. The molecule has 1 aromatic carbocycles. The highest BCUT2D eigenvalue weighted by atomic mass is 35.5. The van der Waals surface area contributed by atoms with E-state index in [-0.39, 0.29) is 28.1 Å². The lowest BCUT2D eigenvalue weighted by Crippen LogP contribution is -2.19. The number of aromatic nitrogens is 1. The molecule has 0 saturated heterocycles. The molecule has 0 aliphatic heterocycles. The number of aryl methyl sites for hydroxylation is 1. The molecule has 1 N–H and O–H groups in total. The number of hydrogen-bond donors (Lipinski definition) is 1. The monoisotopic (exact) mass is 283 g/mol. The maximum atomic E-state index is 13.6. The number of carbonyl (C=O) groups is 1. The molecule has 100 valence electrons. The largest absolute Gasteiger partial charge is 0.462 e. The number of nitrogens with one attached hydrogen (secondary N) is 1. The van der Waals surface area contributed by atoms with Crippen molar-refractivity contribution in [3.05, 3.63) is 44.5 Å². The van der Waals surface area contributed by atoms with E-state index in [4.69, 9.17) is 16.3 Å². The van der Waals surface area contributed by atoms with E-state index in [1.807, 2.05) is 0 Å². The van der Waals surface area contributed by atoms with Gasteiger partial charge in [-0.25, -0.2) is 9.18 Å². The van der Waals surface area contributed by atoms with Crippen LogP contribution in [0.3, 0.4) is 0 Å². The molecule has 0 aliphatic rings. The van der Waals surface area contributed by atoms with Gasteiger partial charge in [-0.1, -0.05) is 11.6 Å². The first-order valence-corrected chi connectivity index (χ1v) is 6.02. The van der Waals surface area contributed by atoms with Gasteiger partial charge in [-0.3, -0.25) is 4.79 Å². The number of aromatic amines is 1. The number of pyridine rings is 1.